The average molecular weight is 398 g/mol. The Balaban J connectivity index is 1.87. The standard InChI is InChI=1S/C21H19FN2O5/c1-29-20(28)21(11-25)16-15(17(23-21)12-6-5-7-13(22)10-12)18(26)24(19(16)27)14-8-3-2-4-9-14/h2-10,15-17,23,25H,11H2,1H3. The third-order valence-corrected chi connectivity index (χ3v) is 5.68. The van der Waals surface area contributed by atoms with Gasteiger partial charge in [-0.15, -0.1) is 0 Å². The zero-order valence-corrected chi connectivity index (χ0v) is 15.5. The Morgan fingerprint density at radius 3 is 2.52 bits per heavy atom. The van der Waals surface area contributed by atoms with Gasteiger partial charge in [0.1, 0.15) is 5.82 Å². The number of carbonyl (C=O) groups is 3. The summed E-state index contributed by atoms with van der Waals surface area (Å²) in [6.45, 7) is -0.756. The number of para-hydroxylation sites is 1. The quantitative estimate of drug-likeness (QED) is 0.593. The zero-order valence-electron chi connectivity index (χ0n) is 15.5. The van der Waals surface area contributed by atoms with Gasteiger partial charge in [0, 0.05) is 6.04 Å². The molecule has 2 heterocycles. The number of hydrogen-bond acceptors (Lipinski definition) is 6. The van der Waals surface area contributed by atoms with Crippen LogP contribution in [0.25, 0.3) is 0 Å². The summed E-state index contributed by atoms with van der Waals surface area (Å²) >= 11 is 0. The monoisotopic (exact) mass is 398 g/mol. The Bertz CT molecular complexity index is 982. The highest BCUT2D eigenvalue weighted by Crippen LogP contribution is 2.50. The molecule has 0 bridgehead atoms. The molecular weight excluding hydrogens is 379 g/mol. The molecule has 2 aromatic rings. The van der Waals surface area contributed by atoms with Crippen LogP contribution in [0.2, 0.25) is 0 Å². The molecule has 2 N–H and O–H groups in total. The van der Waals surface area contributed by atoms with E-state index >= 15 is 0 Å². The number of amides is 2. The maximum Gasteiger partial charge on any atom is 0.329 e. The molecule has 0 saturated carbocycles. The van der Waals surface area contributed by atoms with Crippen molar-refractivity contribution in [3.8, 4) is 0 Å². The summed E-state index contributed by atoms with van der Waals surface area (Å²) in [5.41, 5.74) is -1.05. The molecule has 0 aliphatic carbocycles. The summed E-state index contributed by atoms with van der Waals surface area (Å²) in [5, 5.41) is 13.0. The maximum absolute atomic E-state index is 13.8. The van der Waals surface area contributed by atoms with Gasteiger partial charge in [0.25, 0.3) is 0 Å². The van der Waals surface area contributed by atoms with Gasteiger partial charge in [-0.3, -0.25) is 14.9 Å². The molecule has 8 heteroatoms. The van der Waals surface area contributed by atoms with E-state index in [0.29, 0.717) is 11.3 Å². The van der Waals surface area contributed by atoms with Crippen molar-refractivity contribution in [2.75, 3.05) is 18.6 Å². The van der Waals surface area contributed by atoms with Crippen molar-refractivity contribution in [1.82, 2.24) is 5.32 Å². The van der Waals surface area contributed by atoms with Gasteiger partial charge in [-0.25, -0.2) is 14.1 Å². The number of aliphatic hydroxyl groups is 1. The van der Waals surface area contributed by atoms with Crippen LogP contribution in [-0.2, 0) is 19.1 Å². The minimum Gasteiger partial charge on any atom is -0.468 e. The van der Waals surface area contributed by atoms with Gasteiger partial charge in [0.05, 0.1) is 31.2 Å². The number of esters is 1. The van der Waals surface area contributed by atoms with E-state index in [0.717, 1.165) is 12.0 Å². The van der Waals surface area contributed by atoms with Gasteiger partial charge >= 0.3 is 5.97 Å². The van der Waals surface area contributed by atoms with Crippen molar-refractivity contribution >= 4 is 23.5 Å². The van der Waals surface area contributed by atoms with Gasteiger partial charge in [-0.1, -0.05) is 30.3 Å². The molecule has 2 aliphatic rings. The number of anilines is 1. The number of ether oxygens (including phenoxy) is 1. The summed E-state index contributed by atoms with van der Waals surface area (Å²) in [6, 6.07) is 13.1. The molecule has 2 aromatic carbocycles. The molecule has 29 heavy (non-hydrogen) atoms. The number of hydrogen-bond donors (Lipinski definition) is 2. The van der Waals surface area contributed by atoms with Gasteiger partial charge in [0.2, 0.25) is 11.8 Å². The molecule has 2 saturated heterocycles. The fourth-order valence-electron chi connectivity index (χ4n) is 4.40. The van der Waals surface area contributed by atoms with Gasteiger partial charge in [0.15, 0.2) is 5.54 Å². The van der Waals surface area contributed by atoms with Crippen LogP contribution in [0, 0.1) is 17.7 Å². The number of carbonyl (C=O) groups excluding carboxylic acids is 3. The van der Waals surface area contributed by atoms with Crippen molar-refractivity contribution in [3.05, 3.63) is 66.0 Å². The van der Waals surface area contributed by atoms with E-state index in [1.54, 1.807) is 36.4 Å². The van der Waals surface area contributed by atoms with Crippen LogP contribution in [0.5, 0.6) is 0 Å². The first kappa shape index (κ1) is 19.2. The van der Waals surface area contributed by atoms with E-state index in [1.807, 2.05) is 0 Å². The van der Waals surface area contributed by atoms with E-state index in [9.17, 15) is 23.9 Å². The van der Waals surface area contributed by atoms with Crippen molar-refractivity contribution in [3.63, 3.8) is 0 Å². The molecule has 4 unspecified atom stereocenters. The number of imide groups is 1. The van der Waals surface area contributed by atoms with Crippen molar-refractivity contribution in [2.45, 2.75) is 11.6 Å². The number of benzene rings is 2. The minimum absolute atomic E-state index is 0.367. The minimum atomic E-state index is -1.81. The predicted molar refractivity (Wildman–Crippen MR) is 100 cm³/mol. The highest BCUT2D eigenvalue weighted by Gasteiger charge is 2.69. The predicted octanol–water partition coefficient (Wildman–Crippen LogP) is 1.18. The lowest BCUT2D eigenvalue weighted by Crippen LogP contribution is -2.59. The Kier molecular flexibility index (Phi) is 4.68. The number of rotatable bonds is 4. The van der Waals surface area contributed by atoms with E-state index in [-0.39, 0.29) is 0 Å². The fraction of sp³-hybridized carbons (Fsp3) is 0.286. The molecular formula is C21H19FN2O5. The Morgan fingerprint density at radius 1 is 1.17 bits per heavy atom. The van der Waals surface area contributed by atoms with E-state index in [1.165, 1.54) is 18.2 Å². The van der Waals surface area contributed by atoms with Crippen LogP contribution >= 0.6 is 0 Å². The number of fused-ring (bicyclic) bond motifs is 1. The maximum atomic E-state index is 13.8. The van der Waals surface area contributed by atoms with Crippen molar-refractivity contribution in [2.24, 2.45) is 11.8 Å². The van der Waals surface area contributed by atoms with Crippen LogP contribution in [0.4, 0.5) is 10.1 Å². The summed E-state index contributed by atoms with van der Waals surface area (Å²) in [4.78, 5) is 40.3. The Morgan fingerprint density at radius 2 is 1.90 bits per heavy atom. The molecule has 4 rings (SSSR count). The Hall–Kier alpha value is -3.10. The van der Waals surface area contributed by atoms with Gasteiger partial charge in [-0.2, -0.15) is 0 Å². The van der Waals surface area contributed by atoms with Crippen LogP contribution < -0.4 is 10.2 Å². The first-order chi connectivity index (χ1) is 13.9. The molecule has 0 radical (unpaired) electrons. The largest absolute Gasteiger partial charge is 0.468 e. The highest BCUT2D eigenvalue weighted by molar-refractivity contribution is 6.24. The number of halogens is 1. The lowest BCUT2D eigenvalue weighted by atomic mass is 9.79. The average Bonchev–Trinajstić information content (AvgIpc) is 3.22. The Labute approximate surface area is 166 Å². The normalized spacial score (nSPS) is 28.5. The molecule has 7 nitrogen and oxygen atoms in total. The molecule has 0 aromatic heterocycles. The molecule has 0 spiro atoms. The highest BCUT2D eigenvalue weighted by atomic mass is 19.1. The molecule has 2 aliphatic heterocycles. The van der Waals surface area contributed by atoms with Crippen LogP contribution in [0.3, 0.4) is 0 Å². The third kappa shape index (κ3) is 2.75. The molecule has 4 atom stereocenters. The second-order valence-electron chi connectivity index (χ2n) is 7.15. The van der Waals surface area contributed by atoms with Crippen molar-refractivity contribution in [1.29, 1.82) is 0 Å². The van der Waals surface area contributed by atoms with Gasteiger partial charge < -0.3 is 9.84 Å². The second-order valence-corrected chi connectivity index (χ2v) is 7.15. The fourth-order valence-corrected chi connectivity index (χ4v) is 4.40. The summed E-state index contributed by atoms with van der Waals surface area (Å²) in [6.07, 6.45) is 0. The van der Waals surface area contributed by atoms with Gasteiger partial charge in [-0.05, 0) is 29.8 Å². The molecule has 2 amide bonds. The van der Waals surface area contributed by atoms with Crippen LogP contribution in [-0.4, -0.2) is 42.1 Å². The first-order valence-electron chi connectivity index (χ1n) is 9.10. The number of methoxy groups -OCH3 is 1. The lowest BCUT2D eigenvalue weighted by Gasteiger charge is -2.30. The lowest BCUT2D eigenvalue weighted by molar-refractivity contribution is -0.154. The summed E-state index contributed by atoms with van der Waals surface area (Å²) in [5.74, 6) is -4.71. The van der Waals surface area contributed by atoms with Crippen LogP contribution in [0.1, 0.15) is 11.6 Å². The summed E-state index contributed by atoms with van der Waals surface area (Å²) < 4.78 is 18.7. The van der Waals surface area contributed by atoms with Crippen molar-refractivity contribution < 1.29 is 28.6 Å². The smallest absolute Gasteiger partial charge is 0.329 e. The first-order valence-corrected chi connectivity index (χ1v) is 9.10. The van der Waals surface area contributed by atoms with E-state index in [4.69, 9.17) is 4.74 Å². The van der Waals surface area contributed by atoms with Crippen LogP contribution in [0.15, 0.2) is 54.6 Å². The third-order valence-electron chi connectivity index (χ3n) is 5.68. The number of nitrogens with zero attached hydrogens (tertiary/aromatic N) is 1. The topological polar surface area (TPSA) is 95.9 Å². The zero-order chi connectivity index (χ0) is 20.8. The van der Waals surface area contributed by atoms with E-state index < -0.39 is 53.6 Å². The SMILES string of the molecule is COC(=O)C1(CO)NC(c2cccc(F)c2)C2C(=O)N(c3ccccc3)C(=O)C21. The second kappa shape index (κ2) is 7.06. The van der Waals surface area contributed by atoms with E-state index in [2.05, 4.69) is 5.32 Å². The summed E-state index contributed by atoms with van der Waals surface area (Å²) in [7, 11) is 1.14. The molecule has 150 valence electrons. The molecule has 2 fully saturated rings. The number of nitrogens with one attached hydrogen (secondary N) is 1. The number of aliphatic hydroxyl groups excluding tert-OH is 1.